The zero-order chi connectivity index (χ0) is 14.8. The summed E-state index contributed by atoms with van der Waals surface area (Å²) in [4.78, 5) is 13.4. The van der Waals surface area contributed by atoms with Gasteiger partial charge in [-0.3, -0.25) is 4.79 Å². The van der Waals surface area contributed by atoms with Crippen molar-refractivity contribution in [3.05, 3.63) is 29.8 Å². The van der Waals surface area contributed by atoms with E-state index in [1.165, 1.54) is 19.3 Å². The molecule has 1 atom stereocenters. The molecule has 0 bridgehead atoms. The van der Waals surface area contributed by atoms with E-state index in [4.69, 9.17) is 0 Å². The fraction of sp³-hybridized carbons (Fsp3) is 0.588. The molecule has 1 N–H and O–H groups in total. The van der Waals surface area contributed by atoms with Crippen molar-refractivity contribution >= 4 is 17.7 Å². The van der Waals surface area contributed by atoms with Crippen LogP contribution in [-0.4, -0.2) is 18.2 Å². The van der Waals surface area contributed by atoms with Gasteiger partial charge in [-0.05, 0) is 30.2 Å². The second-order valence-electron chi connectivity index (χ2n) is 5.06. The van der Waals surface area contributed by atoms with Crippen LogP contribution in [0.15, 0.2) is 29.2 Å². The maximum absolute atomic E-state index is 12.3. The molecule has 0 spiro atoms. The van der Waals surface area contributed by atoms with Crippen molar-refractivity contribution in [2.45, 2.75) is 51.3 Å². The highest BCUT2D eigenvalue weighted by Crippen LogP contribution is 2.22. The Morgan fingerprint density at radius 2 is 2.00 bits per heavy atom. The van der Waals surface area contributed by atoms with E-state index in [9.17, 15) is 4.79 Å². The molecule has 0 aliphatic carbocycles. The normalized spacial score (nSPS) is 12.2. The van der Waals surface area contributed by atoms with E-state index >= 15 is 0 Å². The van der Waals surface area contributed by atoms with Crippen LogP contribution in [0.3, 0.4) is 0 Å². The maximum atomic E-state index is 12.3. The lowest BCUT2D eigenvalue weighted by molar-refractivity contribution is 0.0943. The number of amides is 1. The lowest BCUT2D eigenvalue weighted by Gasteiger charge is -2.16. The molecule has 3 heteroatoms. The topological polar surface area (TPSA) is 29.1 Å². The van der Waals surface area contributed by atoms with E-state index in [2.05, 4.69) is 26.1 Å². The molecule has 1 rings (SSSR count). The zero-order valence-corrected chi connectivity index (χ0v) is 13.8. The van der Waals surface area contributed by atoms with Crippen LogP contribution in [0.4, 0.5) is 0 Å². The average Bonchev–Trinajstić information content (AvgIpc) is 2.48. The van der Waals surface area contributed by atoms with Crippen molar-refractivity contribution in [2.24, 2.45) is 5.92 Å². The first-order valence-corrected chi connectivity index (χ1v) is 8.71. The van der Waals surface area contributed by atoms with E-state index in [0.717, 1.165) is 29.2 Å². The molecule has 20 heavy (non-hydrogen) atoms. The molecule has 0 saturated heterocycles. The average molecular weight is 293 g/mol. The van der Waals surface area contributed by atoms with Gasteiger partial charge in [0.1, 0.15) is 0 Å². The number of nitrogens with one attached hydrogen (secondary N) is 1. The second kappa shape index (κ2) is 9.87. The van der Waals surface area contributed by atoms with Crippen LogP contribution in [0.25, 0.3) is 0 Å². The maximum Gasteiger partial charge on any atom is 0.252 e. The Kier molecular flexibility index (Phi) is 8.43. The van der Waals surface area contributed by atoms with Crippen molar-refractivity contribution in [1.29, 1.82) is 0 Å². The predicted molar refractivity (Wildman–Crippen MR) is 88.5 cm³/mol. The summed E-state index contributed by atoms with van der Waals surface area (Å²) < 4.78 is 0. The van der Waals surface area contributed by atoms with Gasteiger partial charge in [0.05, 0.1) is 5.56 Å². The van der Waals surface area contributed by atoms with Gasteiger partial charge in [0, 0.05) is 11.4 Å². The van der Waals surface area contributed by atoms with Gasteiger partial charge in [-0.25, -0.2) is 0 Å². The van der Waals surface area contributed by atoms with Crippen LogP contribution < -0.4 is 5.32 Å². The lowest BCUT2D eigenvalue weighted by atomic mass is 9.99. The third-order valence-corrected chi connectivity index (χ3v) is 4.48. The van der Waals surface area contributed by atoms with Crippen molar-refractivity contribution in [3.8, 4) is 0 Å². The highest BCUT2D eigenvalue weighted by Gasteiger charge is 2.12. The second-order valence-corrected chi connectivity index (χ2v) is 6.36. The molecule has 0 aromatic heterocycles. The van der Waals surface area contributed by atoms with Crippen molar-refractivity contribution < 1.29 is 4.79 Å². The monoisotopic (exact) mass is 293 g/mol. The smallest absolute Gasteiger partial charge is 0.252 e. The number of thioether (sulfide) groups is 1. The first-order chi connectivity index (χ1) is 9.72. The quantitative estimate of drug-likeness (QED) is 0.666. The van der Waals surface area contributed by atoms with Gasteiger partial charge < -0.3 is 5.32 Å². The Bertz CT molecular complexity index is 406. The fourth-order valence-electron chi connectivity index (χ4n) is 2.21. The van der Waals surface area contributed by atoms with Crippen LogP contribution in [0.1, 0.15) is 56.8 Å². The minimum absolute atomic E-state index is 0.0662. The van der Waals surface area contributed by atoms with Crippen molar-refractivity contribution in [3.63, 3.8) is 0 Å². The summed E-state index contributed by atoms with van der Waals surface area (Å²) in [6, 6.07) is 7.87. The Morgan fingerprint density at radius 3 is 2.65 bits per heavy atom. The molecule has 1 aromatic rings. The van der Waals surface area contributed by atoms with Gasteiger partial charge in [-0.15, -0.1) is 11.8 Å². The first kappa shape index (κ1) is 17.1. The van der Waals surface area contributed by atoms with E-state index in [1.807, 2.05) is 24.3 Å². The summed E-state index contributed by atoms with van der Waals surface area (Å²) >= 11 is 1.72. The number of benzene rings is 1. The third kappa shape index (κ3) is 5.58. The highest BCUT2D eigenvalue weighted by molar-refractivity contribution is 7.99. The summed E-state index contributed by atoms with van der Waals surface area (Å²) in [6.45, 7) is 7.31. The minimum Gasteiger partial charge on any atom is -0.352 e. The summed E-state index contributed by atoms with van der Waals surface area (Å²) in [5.41, 5.74) is 0.810. The number of hydrogen-bond acceptors (Lipinski definition) is 2. The van der Waals surface area contributed by atoms with E-state index in [-0.39, 0.29) is 5.91 Å². The summed E-state index contributed by atoms with van der Waals surface area (Å²) in [6.07, 6.45) is 4.81. The minimum atomic E-state index is 0.0662. The van der Waals surface area contributed by atoms with Gasteiger partial charge in [0.15, 0.2) is 0 Å². The van der Waals surface area contributed by atoms with Crippen LogP contribution in [-0.2, 0) is 0 Å². The third-order valence-electron chi connectivity index (χ3n) is 3.53. The molecule has 0 fully saturated rings. The Balaban J connectivity index is 2.57. The predicted octanol–water partition coefficient (Wildman–Crippen LogP) is 4.74. The highest BCUT2D eigenvalue weighted by atomic mass is 32.2. The largest absolute Gasteiger partial charge is 0.352 e. The molecule has 1 aromatic carbocycles. The number of carbonyl (C=O) groups excluding carboxylic acids is 1. The van der Waals surface area contributed by atoms with Crippen molar-refractivity contribution in [2.75, 3.05) is 12.3 Å². The standard InChI is InChI=1S/C17H27NOS/c1-4-7-10-14(5-2)13-18-17(19)15-11-8-9-12-16(15)20-6-3/h8-9,11-12,14H,4-7,10,13H2,1-3H3,(H,18,19)/t14-/m1/s1. The first-order valence-electron chi connectivity index (χ1n) is 7.72. The number of unbranched alkanes of at least 4 members (excludes halogenated alkanes) is 1. The molecule has 0 unspecified atom stereocenters. The molecule has 0 aliphatic heterocycles. The molecule has 1 amide bonds. The van der Waals surface area contributed by atoms with Crippen LogP contribution in [0, 0.1) is 5.92 Å². The van der Waals surface area contributed by atoms with Gasteiger partial charge >= 0.3 is 0 Å². The van der Waals surface area contributed by atoms with Gasteiger partial charge in [0.2, 0.25) is 0 Å². The van der Waals surface area contributed by atoms with E-state index in [0.29, 0.717) is 5.92 Å². The number of rotatable bonds is 9. The van der Waals surface area contributed by atoms with Gasteiger partial charge in [-0.1, -0.05) is 52.2 Å². The molecular weight excluding hydrogens is 266 g/mol. The molecule has 0 saturated carbocycles. The van der Waals surface area contributed by atoms with Crippen LogP contribution >= 0.6 is 11.8 Å². The van der Waals surface area contributed by atoms with Crippen LogP contribution in [0.2, 0.25) is 0 Å². The molecule has 0 aliphatic rings. The molecule has 112 valence electrons. The SMILES string of the molecule is CCCC[C@@H](CC)CNC(=O)c1ccccc1SCC. The number of hydrogen-bond donors (Lipinski definition) is 1. The van der Waals surface area contributed by atoms with Gasteiger partial charge in [0.25, 0.3) is 5.91 Å². The Morgan fingerprint density at radius 1 is 1.25 bits per heavy atom. The van der Waals surface area contributed by atoms with Gasteiger partial charge in [-0.2, -0.15) is 0 Å². The van der Waals surface area contributed by atoms with E-state index < -0.39 is 0 Å². The fourth-order valence-corrected chi connectivity index (χ4v) is 3.01. The van der Waals surface area contributed by atoms with E-state index in [1.54, 1.807) is 11.8 Å². The van der Waals surface area contributed by atoms with Crippen LogP contribution in [0.5, 0.6) is 0 Å². The molecular formula is C17H27NOS. The lowest BCUT2D eigenvalue weighted by Crippen LogP contribution is -2.29. The van der Waals surface area contributed by atoms with Crippen molar-refractivity contribution in [1.82, 2.24) is 5.32 Å². The Labute approximate surface area is 127 Å². The summed E-state index contributed by atoms with van der Waals surface area (Å²) in [5.74, 6) is 1.65. The summed E-state index contributed by atoms with van der Waals surface area (Å²) in [5, 5.41) is 3.11. The summed E-state index contributed by atoms with van der Waals surface area (Å²) in [7, 11) is 0. The Hall–Kier alpha value is -0.960. The number of carbonyl (C=O) groups is 1. The molecule has 0 radical (unpaired) electrons. The molecule has 2 nitrogen and oxygen atoms in total. The molecule has 0 heterocycles. The zero-order valence-electron chi connectivity index (χ0n) is 12.9.